The number of likely N-dealkylation sites (N-methyl/N-ethyl adjacent to an activating group) is 1. The Hall–Kier alpha value is -5.78. The highest BCUT2D eigenvalue weighted by Gasteiger charge is 2.31. The Balaban J connectivity index is 0.767. The van der Waals surface area contributed by atoms with Crippen molar-refractivity contribution in [1.82, 2.24) is 30.1 Å². The summed E-state index contributed by atoms with van der Waals surface area (Å²) in [5.41, 5.74) is 5.88. The van der Waals surface area contributed by atoms with Crippen LogP contribution in [0.3, 0.4) is 0 Å². The number of nitrogens with zero attached hydrogens (tertiary/aromatic N) is 7. The van der Waals surface area contributed by atoms with E-state index in [-0.39, 0.29) is 29.5 Å². The number of hydrogen-bond donors (Lipinski definition) is 4. The van der Waals surface area contributed by atoms with Gasteiger partial charge < -0.3 is 25.4 Å². The zero-order chi connectivity index (χ0) is 42.3. The number of benzene rings is 3. The Morgan fingerprint density at radius 3 is 2.46 bits per heavy atom. The van der Waals surface area contributed by atoms with Crippen molar-refractivity contribution >= 4 is 73.1 Å². The number of carbonyl (C=O) groups excluding carboxylic acids is 2. The molecule has 0 radical (unpaired) electrons. The summed E-state index contributed by atoms with van der Waals surface area (Å²) in [6.45, 7) is 7.77. The first-order chi connectivity index (χ1) is 29.5. The van der Waals surface area contributed by atoms with Crippen molar-refractivity contribution in [3.05, 3.63) is 89.9 Å². The molecule has 0 saturated carbocycles. The predicted molar refractivity (Wildman–Crippen MR) is 237 cm³/mol. The van der Waals surface area contributed by atoms with Crippen molar-refractivity contribution in [2.24, 2.45) is 0 Å². The number of para-hydroxylation sites is 1. The molecule has 17 heteroatoms. The van der Waals surface area contributed by atoms with E-state index in [9.17, 15) is 18.0 Å². The molecular weight excluding hydrogens is 798 g/mol. The second-order valence-corrected chi connectivity index (χ2v) is 18.5. The van der Waals surface area contributed by atoms with Crippen LogP contribution in [-0.4, -0.2) is 123 Å². The number of nitrogens with one attached hydrogen (secondary N) is 4. The van der Waals surface area contributed by atoms with E-state index in [4.69, 9.17) is 4.98 Å². The fourth-order valence-electron chi connectivity index (χ4n) is 9.28. The molecular formula is C44H52FN11O4S. The van der Waals surface area contributed by atoms with Gasteiger partial charge in [0.05, 0.1) is 34.6 Å². The number of hydrogen-bond acceptors (Lipinski definition) is 12. The van der Waals surface area contributed by atoms with Crippen molar-refractivity contribution in [2.45, 2.75) is 44.1 Å². The quantitative estimate of drug-likeness (QED) is 0.123. The molecule has 0 aliphatic carbocycles. The predicted octanol–water partition coefficient (Wildman–Crippen LogP) is 5.15. The monoisotopic (exact) mass is 849 g/mol. The number of aromatic amines is 1. The minimum Gasteiger partial charge on any atom is -0.373 e. The number of piperidine rings is 2. The summed E-state index contributed by atoms with van der Waals surface area (Å²) in [6, 6.07) is 21.3. The average molecular weight is 850 g/mol. The van der Waals surface area contributed by atoms with Crippen LogP contribution in [0.15, 0.2) is 72.9 Å². The number of imide groups is 1. The second kappa shape index (κ2) is 16.9. The SMILES string of the molecule is CN(CCN1CCN(C2CCN(c3ccc(Nc4nc(Nc5cccc6c5N(S(C)(=O)=O)CC6)c5cc[nH]c5n4)cc3F)CC2)CC1)c1cccc(C2CCC(=O)NC2=O)c1. The van der Waals surface area contributed by atoms with Crippen molar-refractivity contribution in [1.29, 1.82) is 0 Å². The highest BCUT2D eigenvalue weighted by atomic mass is 32.2. The molecule has 3 saturated heterocycles. The summed E-state index contributed by atoms with van der Waals surface area (Å²) in [6.07, 6.45) is 6.46. The molecule has 1 unspecified atom stereocenters. The van der Waals surface area contributed by atoms with Crippen LogP contribution in [0.25, 0.3) is 11.0 Å². The first kappa shape index (κ1) is 40.6. The summed E-state index contributed by atoms with van der Waals surface area (Å²) in [7, 11) is -1.38. The van der Waals surface area contributed by atoms with Gasteiger partial charge in [0.1, 0.15) is 17.3 Å². The van der Waals surface area contributed by atoms with Gasteiger partial charge in [0.15, 0.2) is 0 Å². The Morgan fingerprint density at radius 1 is 0.885 bits per heavy atom. The largest absolute Gasteiger partial charge is 0.373 e. The Labute approximate surface area is 355 Å². The number of halogens is 1. The van der Waals surface area contributed by atoms with E-state index in [0.29, 0.717) is 66.1 Å². The lowest BCUT2D eigenvalue weighted by molar-refractivity contribution is -0.134. The summed E-state index contributed by atoms with van der Waals surface area (Å²) in [4.78, 5) is 46.0. The molecule has 2 amide bonds. The van der Waals surface area contributed by atoms with Crippen LogP contribution in [-0.2, 0) is 26.0 Å². The van der Waals surface area contributed by atoms with E-state index >= 15 is 4.39 Å². The van der Waals surface area contributed by atoms with Crippen molar-refractivity contribution < 1.29 is 22.4 Å². The maximum atomic E-state index is 15.8. The molecule has 3 fully saturated rings. The van der Waals surface area contributed by atoms with Gasteiger partial charge in [-0.3, -0.25) is 29.0 Å². The number of anilines is 7. The number of aromatic nitrogens is 3. The Kier molecular flexibility index (Phi) is 11.3. The third-order valence-electron chi connectivity index (χ3n) is 12.7. The van der Waals surface area contributed by atoms with Gasteiger partial charge in [-0.15, -0.1) is 0 Å². The van der Waals surface area contributed by atoms with Crippen LogP contribution < -0.4 is 30.1 Å². The van der Waals surface area contributed by atoms with Gasteiger partial charge in [-0.25, -0.2) is 12.8 Å². The number of fused-ring (bicyclic) bond motifs is 2. The van der Waals surface area contributed by atoms with Gasteiger partial charge in [0.25, 0.3) is 0 Å². The van der Waals surface area contributed by atoms with Gasteiger partial charge in [-0.05, 0) is 79.3 Å². The first-order valence-electron chi connectivity index (χ1n) is 21.1. The lowest BCUT2D eigenvalue weighted by atomic mass is 9.90. The van der Waals surface area contributed by atoms with Gasteiger partial charge in [-0.2, -0.15) is 9.97 Å². The van der Waals surface area contributed by atoms with Crippen LogP contribution in [0.1, 0.15) is 42.7 Å². The van der Waals surface area contributed by atoms with E-state index in [1.165, 1.54) is 16.6 Å². The van der Waals surface area contributed by atoms with Crippen LogP contribution in [0.4, 0.5) is 44.6 Å². The van der Waals surface area contributed by atoms with Gasteiger partial charge in [-0.1, -0.05) is 24.3 Å². The fraction of sp³-hybridized carbons (Fsp3) is 0.409. The van der Waals surface area contributed by atoms with E-state index in [1.807, 2.05) is 48.5 Å². The number of rotatable bonds is 12. The van der Waals surface area contributed by atoms with Crippen LogP contribution in [0, 0.1) is 5.82 Å². The molecule has 1 atom stereocenters. The lowest BCUT2D eigenvalue weighted by Crippen LogP contribution is -2.54. The standard InChI is InChI=1S/C44H52FN11O4S/c1-52(33-7-3-6-30(27-33)34-10-12-39(57)49-43(34)58)21-22-53-23-25-54(26-24-53)32-15-18-55(19-16-32)38-11-9-31(28-36(38)45)47-44-50-41-35(13-17-46-41)42(51-44)48-37-8-4-5-29-14-20-56(40(29)37)61(2,59)60/h3-9,11,13,17,27-28,32,34H,10,12,14-16,18-26H2,1-2H3,(H,49,57,58)(H3,46,47,48,50,51). The molecule has 6 heterocycles. The van der Waals surface area contributed by atoms with Crippen LogP contribution in [0.2, 0.25) is 0 Å². The number of piperazine rings is 1. The summed E-state index contributed by atoms with van der Waals surface area (Å²) >= 11 is 0. The molecule has 4 N–H and O–H groups in total. The van der Waals surface area contributed by atoms with Crippen molar-refractivity contribution in [2.75, 3.05) is 96.9 Å². The van der Waals surface area contributed by atoms with Gasteiger partial charge in [0, 0.05) is 96.0 Å². The zero-order valence-electron chi connectivity index (χ0n) is 34.5. The normalized spacial score (nSPS) is 19.3. The zero-order valence-corrected chi connectivity index (χ0v) is 35.3. The first-order valence-corrected chi connectivity index (χ1v) is 23.0. The fourth-order valence-corrected chi connectivity index (χ4v) is 10.2. The number of carbonyl (C=O) groups is 2. The van der Waals surface area contributed by atoms with Gasteiger partial charge >= 0.3 is 0 Å². The third kappa shape index (κ3) is 8.72. The van der Waals surface area contributed by atoms with E-state index in [0.717, 1.165) is 87.4 Å². The number of sulfonamides is 1. The summed E-state index contributed by atoms with van der Waals surface area (Å²) in [5.74, 6) is -0.258. The molecule has 0 spiro atoms. The lowest BCUT2D eigenvalue weighted by Gasteiger charge is -2.43. The van der Waals surface area contributed by atoms with Crippen molar-refractivity contribution in [3.8, 4) is 0 Å². The van der Waals surface area contributed by atoms with Crippen LogP contribution in [0.5, 0.6) is 0 Å². The molecule has 61 heavy (non-hydrogen) atoms. The summed E-state index contributed by atoms with van der Waals surface area (Å²) < 4.78 is 42.4. The summed E-state index contributed by atoms with van der Waals surface area (Å²) in [5, 5.41) is 9.74. The molecule has 15 nitrogen and oxygen atoms in total. The van der Waals surface area contributed by atoms with Crippen molar-refractivity contribution in [3.63, 3.8) is 0 Å². The molecule has 3 aromatic carbocycles. The highest BCUT2D eigenvalue weighted by Crippen LogP contribution is 2.39. The average Bonchev–Trinajstić information content (AvgIpc) is 3.92. The Bertz CT molecular complexity index is 2550. The maximum absolute atomic E-state index is 15.8. The topological polar surface area (TPSA) is 162 Å². The van der Waals surface area contributed by atoms with Gasteiger partial charge in [0.2, 0.25) is 27.8 Å². The number of amides is 2. The molecule has 9 rings (SSSR count). The molecule has 5 aromatic rings. The highest BCUT2D eigenvalue weighted by molar-refractivity contribution is 7.92. The maximum Gasteiger partial charge on any atom is 0.234 e. The van der Waals surface area contributed by atoms with Crippen LogP contribution >= 0.6 is 0 Å². The Morgan fingerprint density at radius 2 is 1.69 bits per heavy atom. The molecule has 0 bridgehead atoms. The smallest absolute Gasteiger partial charge is 0.234 e. The minimum absolute atomic E-state index is 0.197. The molecule has 4 aliphatic heterocycles. The van der Waals surface area contributed by atoms with E-state index in [2.05, 4.69) is 64.7 Å². The third-order valence-corrected chi connectivity index (χ3v) is 13.8. The molecule has 320 valence electrons. The number of H-pyrrole nitrogens is 1. The van der Waals surface area contributed by atoms with E-state index < -0.39 is 10.0 Å². The van der Waals surface area contributed by atoms with E-state index in [1.54, 1.807) is 6.20 Å². The second-order valence-electron chi connectivity index (χ2n) is 16.6. The minimum atomic E-state index is -3.47. The molecule has 4 aliphatic rings. The molecule has 2 aromatic heterocycles.